The summed E-state index contributed by atoms with van der Waals surface area (Å²) < 4.78 is 0. The van der Waals surface area contributed by atoms with Crippen LogP contribution in [0.3, 0.4) is 0 Å². The van der Waals surface area contributed by atoms with Crippen molar-refractivity contribution in [3.05, 3.63) is 59.1 Å². The van der Waals surface area contributed by atoms with Gasteiger partial charge in [-0.05, 0) is 36.8 Å². The predicted octanol–water partition coefficient (Wildman–Crippen LogP) is 3.64. The van der Waals surface area contributed by atoms with Crippen LogP contribution in [0.15, 0.2) is 48.5 Å². The second-order valence-electron chi connectivity index (χ2n) is 5.69. The summed E-state index contributed by atoms with van der Waals surface area (Å²) in [5.41, 5.74) is 2.45. The first-order valence-electron chi connectivity index (χ1n) is 7.47. The summed E-state index contributed by atoms with van der Waals surface area (Å²) >= 11 is 5.97. The van der Waals surface area contributed by atoms with Gasteiger partial charge in [0.15, 0.2) is 0 Å². The number of para-hydroxylation sites is 1. The van der Waals surface area contributed by atoms with E-state index in [4.69, 9.17) is 11.6 Å². The van der Waals surface area contributed by atoms with Crippen LogP contribution in [0.25, 0.3) is 0 Å². The third kappa shape index (κ3) is 3.37. The van der Waals surface area contributed by atoms with Crippen LogP contribution < -0.4 is 10.2 Å². The zero-order valence-electron chi connectivity index (χ0n) is 12.8. The first-order valence-corrected chi connectivity index (χ1v) is 7.85. The molecule has 118 valence electrons. The summed E-state index contributed by atoms with van der Waals surface area (Å²) in [6.45, 7) is 2.30. The molecular weight excluding hydrogens is 312 g/mol. The number of nitrogens with zero attached hydrogens (tertiary/aromatic N) is 1. The van der Waals surface area contributed by atoms with Gasteiger partial charge in [0.2, 0.25) is 11.8 Å². The van der Waals surface area contributed by atoms with E-state index in [0.29, 0.717) is 17.3 Å². The van der Waals surface area contributed by atoms with Crippen molar-refractivity contribution in [1.29, 1.82) is 0 Å². The van der Waals surface area contributed by atoms with Crippen LogP contribution in [-0.4, -0.2) is 18.4 Å². The van der Waals surface area contributed by atoms with E-state index in [1.165, 1.54) is 0 Å². The van der Waals surface area contributed by atoms with Crippen molar-refractivity contribution in [2.45, 2.75) is 13.3 Å². The number of hydrogen-bond acceptors (Lipinski definition) is 2. The van der Waals surface area contributed by atoms with E-state index in [1.807, 2.05) is 43.3 Å². The van der Waals surface area contributed by atoms with Crippen molar-refractivity contribution in [2.24, 2.45) is 5.92 Å². The zero-order chi connectivity index (χ0) is 16.4. The zero-order valence-corrected chi connectivity index (χ0v) is 13.5. The summed E-state index contributed by atoms with van der Waals surface area (Å²) in [6.07, 6.45) is 0.223. The molecule has 0 unspecified atom stereocenters. The molecule has 1 fully saturated rings. The Morgan fingerprint density at radius 2 is 1.96 bits per heavy atom. The Hall–Kier alpha value is -2.33. The quantitative estimate of drug-likeness (QED) is 0.935. The molecule has 3 rings (SSSR count). The van der Waals surface area contributed by atoms with Gasteiger partial charge in [-0.25, -0.2) is 0 Å². The van der Waals surface area contributed by atoms with Gasteiger partial charge in [0, 0.05) is 29.4 Å². The molecule has 0 aliphatic carbocycles. The molecule has 0 spiro atoms. The highest BCUT2D eigenvalue weighted by Crippen LogP contribution is 2.27. The van der Waals surface area contributed by atoms with E-state index in [2.05, 4.69) is 5.32 Å². The topological polar surface area (TPSA) is 49.4 Å². The maximum Gasteiger partial charge on any atom is 0.229 e. The van der Waals surface area contributed by atoms with Gasteiger partial charge in [-0.2, -0.15) is 0 Å². The summed E-state index contributed by atoms with van der Waals surface area (Å²) in [7, 11) is 0. The number of hydrogen-bond donors (Lipinski definition) is 1. The van der Waals surface area contributed by atoms with E-state index >= 15 is 0 Å². The summed E-state index contributed by atoms with van der Waals surface area (Å²) in [5, 5.41) is 3.45. The third-order valence-electron chi connectivity index (χ3n) is 4.02. The second-order valence-corrected chi connectivity index (χ2v) is 6.13. The Balaban J connectivity index is 1.72. The number of amides is 2. The predicted molar refractivity (Wildman–Crippen MR) is 91.7 cm³/mol. The Bertz CT molecular complexity index is 746. The number of carbonyl (C=O) groups is 2. The van der Waals surface area contributed by atoms with E-state index in [9.17, 15) is 9.59 Å². The molecule has 1 saturated heterocycles. The molecule has 2 aromatic carbocycles. The van der Waals surface area contributed by atoms with Crippen molar-refractivity contribution >= 4 is 34.8 Å². The number of halogens is 1. The second kappa shape index (κ2) is 6.42. The Morgan fingerprint density at radius 1 is 1.22 bits per heavy atom. The summed E-state index contributed by atoms with van der Waals surface area (Å²) in [6, 6.07) is 14.8. The maximum atomic E-state index is 12.5. The molecule has 1 heterocycles. The van der Waals surface area contributed by atoms with E-state index in [-0.39, 0.29) is 24.2 Å². The van der Waals surface area contributed by atoms with Crippen LogP contribution in [0.1, 0.15) is 12.0 Å². The molecule has 0 saturated carbocycles. The van der Waals surface area contributed by atoms with Crippen LogP contribution >= 0.6 is 11.6 Å². The average Bonchev–Trinajstić information content (AvgIpc) is 2.94. The van der Waals surface area contributed by atoms with Crippen LogP contribution in [-0.2, 0) is 9.59 Å². The number of rotatable bonds is 3. The lowest BCUT2D eigenvalue weighted by Gasteiger charge is -2.17. The molecule has 1 N–H and O–H groups in total. The van der Waals surface area contributed by atoms with Crippen LogP contribution in [0.4, 0.5) is 11.4 Å². The lowest BCUT2D eigenvalue weighted by Crippen LogP contribution is -2.28. The van der Waals surface area contributed by atoms with Gasteiger partial charge in [0.25, 0.3) is 0 Å². The fourth-order valence-electron chi connectivity index (χ4n) is 2.70. The van der Waals surface area contributed by atoms with Gasteiger partial charge in [-0.3, -0.25) is 9.59 Å². The average molecular weight is 329 g/mol. The van der Waals surface area contributed by atoms with Crippen molar-refractivity contribution in [3.8, 4) is 0 Å². The van der Waals surface area contributed by atoms with Gasteiger partial charge >= 0.3 is 0 Å². The Morgan fingerprint density at radius 3 is 2.70 bits per heavy atom. The minimum absolute atomic E-state index is 0.0285. The van der Waals surface area contributed by atoms with Crippen LogP contribution in [0, 0.1) is 12.8 Å². The number of benzene rings is 2. The molecule has 0 radical (unpaired) electrons. The monoisotopic (exact) mass is 328 g/mol. The third-order valence-corrected chi connectivity index (χ3v) is 4.26. The van der Waals surface area contributed by atoms with Gasteiger partial charge < -0.3 is 10.2 Å². The molecule has 2 amide bonds. The summed E-state index contributed by atoms with van der Waals surface area (Å²) in [5.74, 6) is -0.539. The fourth-order valence-corrected chi connectivity index (χ4v) is 2.88. The van der Waals surface area contributed by atoms with Gasteiger partial charge in [0.05, 0.1) is 5.92 Å². The van der Waals surface area contributed by atoms with E-state index in [1.54, 1.807) is 17.0 Å². The van der Waals surface area contributed by atoms with Crippen molar-refractivity contribution in [2.75, 3.05) is 16.8 Å². The highest BCUT2D eigenvalue weighted by molar-refractivity contribution is 6.31. The largest absolute Gasteiger partial charge is 0.325 e. The van der Waals surface area contributed by atoms with Gasteiger partial charge in [-0.1, -0.05) is 35.9 Å². The minimum Gasteiger partial charge on any atom is -0.325 e. The molecule has 23 heavy (non-hydrogen) atoms. The molecule has 0 aromatic heterocycles. The molecule has 1 atom stereocenters. The maximum absolute atomic E-state index is 12.5. The molecule has 0 bridgehead atoms. The van der Waals surface area contributed by atoms with Crippen LogP contribution in [0.5, 0.6) is 0 Å². The Labute approximate surface area is 140 Å². The molecule has 1 aliphatic heterocycles. The smallest absolute Gasteiger partial charge is 0.229 e. The standard InChI is InChI=1S/C18H17ClN2O2/c1-12-7-8-14(19)10-16(12)20-18(23)13-9-17(22)21(11-13)15-5-3-2-4-6-15/h2-8,10,13H,9,11H2,1H3,(H,20,23)/t13-/m0/s1. The normalized spacial score (nSPS) is 17.4. The summed E-state index contributed by atoms with van der Waals surface area (Å²) in [4.78, 5) is 26.3. The molecule has 4 nitrogen and oxygen atoms in total. The fraction of sp³-hybridized carbons (Fsp3) is 0.222. The van der Waals surface area contributed by atoms with E-state index < -0.39 is 0 Å². The van der Waals surface area contributed by atoms with E-state index in [0.717, 1.165) is 11.3 Å². The first-order chi connectivity index (χ1) is 11.0. The highest BCUT2D eigenvalue weighted by atomic mass is 35.5. The van der Waals surface area contributed by atoms with Crippen molar-refractivity contribution in [3.63, 3.8) is 0 Å². The van der Waals surface area contributed by atoms with Crippen molar-refractivity contribution < 1.29 is 9.59 Å². The van der Waals surface area contributed by atoms with Crippen LogP contribution in [0.2, 0.25) is 5.02 Å². The minimum atomic E-state index is -0.360. The number of anilines is 2. The van der Waals surface area contributed by atoms with Crippen molar-refractivity contribution in [1.82, 2.24) is 0 Å². The number of carbonyl (C=O) groups excluding carboxylic acids is 2. The molecule has 1 aliphatic rings. The number of nitrogens with one attached hydrogen (secondary N) is 1. The lowest BCUT2D eigenvalue weighted by molar-refractivity contribution is -0.122. The molecule has 2 aromatic rings. The lowest BCUT2D eigenvalue weighted by atomic mass is 10.1. The first kappa shape index (κ1) is 15.6. The number of aryl methyl sites for hydroxylation is 1. The van der Waals surface area contributed by atoms with Gasteiger partial charge in [-0.15, -0.1) is 0 Å². The highest BCUT2D eigenvalue weighted by Gasteiger charge is 2.35. The SMILES string of the molecule is Cc1ccc(Cl)cc1NC(=O)[C@H]1CC(=O)N(c2ccccc2)C1. The Kier molecular flexibility index (Phi) is 4.35. The molecular formula is C18H17ClN2O2. The van der Waals surface area contributed by atoms with Gasteiger partial charge in [0.1, 0.15) is 0 Å². The molecule has 5 heteroatoms.